The van der Waals surface area contributed by atoms with Crippen molar-refractivity contribution in [2.75, 3.05) is 26.2 Å². The van der Waals surface area contributed by atoms with Crippen LogP contribution in [-0.2, 0) is 4.79 Å². The second-order valence-electron chi connectivity index (χ2n) is 5.60. The Morgan fingerprint density at radius 1 is 1.45 bits per heavy atom. The maximum absolute atomic E-state index is 12.1. The fraction of sp³-hybridized carbons (Fsp3) is 0.562. The third kappa shape index (κ3) is 3.73. The van der Waals surface area contributed by atoms with Crippen molar-refractivity contribution in [1.82, 2.24) is 4.90 Å². The lowest BCUT2D eigenvalue weighted by Gasteiger charge is -2.17. The standard InChI is InChI=1S/C16H24N2O2/c1-12-3-4-13(2)15(9-12)20-8-6-16(19)18-7-5-14(10-17)11-18/h3-4,9,14H,5-8,10-11,17H2,1-2H3. The number of hydrogen-bond acceptors (Lipinski definition) is 3. The van der Waals surface area contributed by atoms with Crippen LogP contribution in [0.1, 0.15) is 24.0 Å². The molecule has 1 aromatic rings. The molecular weight excluding hydrogens is 252 g/mol. The van der Waals surface area contributed by atoms with E-state index in [-0.39, 0.29) is 5.91 Å². The van der Waals surface area contributed by atoms with E-state index in [1.807, 2.05) is 30.9 Å². The normalized spacial score (nSPS) is 18.4. The van der Waals surface area contributed by atoms with Crippen molar-refractivity contribution in [2.45, 2.75) is 26.7 Å². The minimum absolute atomic E-state index is 0.172. The molecule has 1 aliphatic rings. The van der Waals surface area contributed by atoms with Crippen molar-refractivity contribution in [3.05, 3.63) is 29.3 Å². The fourth-order valence-electron chi connectivity index (χ4n) is 2.52. The first-order valence-corrected chi connectivity index (χ1v) is 7.28. The van der Waals surface area contributed by atoms with E-state index in [9.17, 15) is 4.79 Å². The van der Waals surface area contributed by atoms with E-state index >= 15 is 0 Å². The number of ether oxygens (including phenoxy) is 1. The number of likely N-dealkylation sites (tertiary alicyclic amines) is 1. The second kappa shape index (κ2) is 6.75. The molecule has 1 aromatic carbocycles. The minimum atomic E-state index is 0.172. The summed E-state index contributed by atoms with van der Waals surface area (Å²) < 4.78 is 5.73. The maximum atomic E-state index is 12.1. The van der Waals surface area contributed by atoms with Crippen LogP contribution in [-0.4, -0.2) is 37.0 Å². The van der Waals surface area contributed by atoms with Crippen LogP contribution in [0.15, 0.2) is 18.2 Å². The van der Waals surface area contributed by atoms with Crippen LogP contribution >= 0.6 is 0 Å². The Labute approximate surface area is 120 Å². The molecule has 1 fully saturated rings. The van der Waals surface area contributed by atoms with Crippen molar-refractivity contribution in [3.63, 3.8) is 0 Å². The van der Waals surface area contributed by atoms with E-state index in [2.05, 4.69) is 6.07 Å². The highest BCUT2D eigenvalue weighted by Crippen LogP contribution is 2.20. The van der Waals surface area contributed by atoms with Gasteiger partial charge in [-0.2, -0.15) is 0 Å². The number of aryl methyl sites for hydroxylation is 2. The number of nitrogens with zero attached hydrogens (tertiary/aromatic N) is 1. The topological polar surface area (TPSA) is 55.6 Å². The Morgan fingerprint density at radius 2 is 2.25 bits per heavy atom. The van der Waals surface area contributed by atoms with Gasteiger partial charge in [0.2, 0.25) is 5.91 Å². The molecule has 0 saturated carbocycles. The van der Waals surface area contributed by atoms with Gasteiger partial charge in [0.25, 0.3) is 0 Å². The van der Waals surface area contributed by atoms with Crippen molar-refractivity contribution in [2.24, 2.45) is 11.7 Å². The number of amides is 1. The van der Waals surface area contributed by atoms with Crippen LogP contribution in [0, 0.1) is 19.8 Å². The summed E-state index contributed by atoms with van der Waals surface area (Å²) in [6, 6.07) is 6.11. The van der Waals surface area contributed by atoms with Gasteiger partial charge < -0.3 is 15.4 Å². The van der Waals surface area contributed by atoms with Crippen LogP contribution in [0.4, 0.5) is 0 Å². The summed E-state index contributed by atoms with van der Waals surface area (Å²) in [5.41, 5.74) is 7.91. The first-order chi connectivity index (χ1) is 9.60. The van der Waals surface area contributed by atoms with Crippen molar-refractivity contribution in [1.29, 1.82) is 0 Å². The van der Waals surface area contributed by atoms with E-state index in [0.29, 0.717) is 25.5 Å². The van der Waals surface area contributed by atoms with E-state index in [4.69, 9.17) is 10.5 Å². The average Bonchev–Trinajstić information content (AvgIpc) is 2.91. The van der Waals surface area contributed by atoms with Gasteiger partial charge in [-0.3, -0.25) is 4.79 Å². The molecule has 0 spiro atoms. The summed E-state index contributed by atoms with van der Waals surface area (Å²) in [6.45, 7) is 6.80. The minimum Gasteiger partial charge on any atom is -0.493 e. The molecule has 4 heteroatoms. The lowest BCUT2D eigenvalue weighted by Crippen LogP contribution is -2.30. The van der Waals surface area contributed by atoms with Gasteiger partial charge in [-0.15, -0.1) is 0 Å². The number of hydrogen-bond donors (Lipinski definition) is 1. The smallest absolute Gasteiger partial charge is 0.226 e. The molecule has 110 valence electrons. The lowest BCUT2D eigenvalue weighted by molar-refractivity contribution is -0.130. The summed E-state index contributed by atoms with van der Waals surface area (Å²) in [5, 5.41) is 0. The Morgan fingerprint density at radius 3 is 2.95 bits per heavy atom. The Bertz CT molecular complexity index is 474. The lowest BCUT2D eigenvalue weighted by atomic mass is 10.1. The maximum Gasteiger partial charge on any atom is 0.226 e. The molecule has 0 radical (unpaired) electrons. The summed E-state index contributed by atoms with van der Waals surface area (Å²) in [7, 11) is 0. The zero-order valence-corrected chi connectivity index (χ0v) is 12.4. The highest BCUT2D eigenvalue weighted by molar-refractivity contribution is 5.76. The summed E-state index contributed by atoms with van der Waals surface area (Å²) >= 11 is 0. The average molecular weight is 276 g/mol. The molecule has 1 amide bonds. The van der Waals surface area contributed by atoms with Crippen LogP contribution < -0.4 is 10.5 Å². The zero-order valence-electron chi connectivity index (χ0n) is 12.4. The first-order valence-electron chi connectivity index (χ1n) is 7.28. The molecule has 0 aliphatic carbocycles. The van der Waals surface area contributed by atoms with Gasteiger partial charge in [0, 0.05) is 13.1 Å². The summed E-state index contributed by atoms with van der Waals surface area (Å²) in [6.07, 6.45) is 1.46. The fourth-order valence-corrected chi connectivity index (χ4v) is 2.52. The highest BCUT2D eigenvalue weighted by atomic mass is 16.5. The molecular formula is C16H24N2O2. The van der Waals surface area contributed by atoms with Crippen LogP contribution in [0.25, 0.3) is 0 Å². The van der Waals surface area contributed by atoms with Gasteiger partial charge in [0.1, 0.15) is 5.75 Å². The third-order valence-corrected chi connectivity index (χ3v) is 3.89. The van der Waals surface area contributed by atoms with Gasteiger partial charge in [-0.05, 0) is 49.9 Å². The van der Waals surface area contributed by atoms with Crippen LogP contribution in [0.3, 0.4) is 0 Å². The molecule has 2 N–H and O–H groups in total. The summed E-state index contributed by atoms with van der Waals surface area (Å²) in [4.78, 5) is 14.0. The van der Waals surface area contributed by atoms with Gasteiger partial charge in [0.15, 0.2) is 0 Å². The molecule has 1 aliphatic heterocycles. The van der Waals surface area contributed by atoms with E-state index in [1.54, 1.807) is 0 Å². The molecule has 1 heterocycles. The second-order valence-corrected chi connectivity index (χ2v) is 5.60. The van der Waals surface area contributed by atoms with Crippen LogP contribution in [0.5, 0.6) is 5.75 Å². The third-order valence-electron chi connectivity index (χ3n) is 3.89. The molecule has 1 unspecified atom stereocenters. The van der Waals surface area contributed by atoms with Gasteiger partial charge in [-0.1, -0.05) is 12.1 Å². The number of rotatable bonds is 5. The molecule has 0 bridgehead atoms. The van der Waals surface area contributed by atoms with Crippen molar-refractivity contribution in [3.8, 4) is 5.75 Å². The Kier molecular flexibility index (Phi) is 5.01. The van der Waals surface area contributed by atoms with E-state index < -0.39 is 0 Å². The Balaban J connectivity index is 1.78. The van der Waals surface area contributed by atoms with Crippen LogP contribution in [0.2, 0.25) is 0 Å². The van der Waals surface area contributed by atoms with E-state index in [1.165, 1.54) is 5.56 Å². The number of benzene rings is 1. The van der Waals surface area contributed by atoms with Crippen molar-refractivity contribution >= 4 is 5.91 Å². The van der Waals surface area contributed by atoms with Gasteiger partial charge in [-0.25, -0.2) is 0 Å². The monoisotopic (exact) mass is 276 g/mol. The number of carbonyl (C=O) groups excluding carboxylic acids is 1. The highest BCUT2D eigenvalue weighted by Gasteiger charge is 2.24. The van der Waals surface area contributed by atoms with Gasteiger partial charge >= 0.3 is 0 Å². The SMILES string of the molecule is Cc1ccc(C)c(OCCC(=O)N2CCC(CN)C2)c1. The number of carbonyl (C=O) groups is 1. The molecule has 0 aromatic heterocycles. The number of nitrogens with two attached hydrogens (primary N) is 1. The largest absolute Gasteiger partial charge is 0.493 e. The molecule has 20 heavy (non-hydrogen) atoms. The predicted octanol–water partition coefficient (Wildman–Crippen LogP) is 1.88. The first kappa shape index (κ1) is 14.9. The zero-order chi connectivity index (χ0) is 14.5. The molecule has 2 rings (SSSR count). The Hall–Kier alpha value is -1.55. The van der Waals surface area contributed by atoms with Crippen molar-refractivity contribution < 1.29 is 9.53 Å². The quantitative estimate of drug-likeness (QED) is 0.893. The summed E-state index contributed by atoms with van der Waals surface area (Å²) in [5.74, 6) is 1.52. The van der Waals surface area contributed by atoms with Gasteiger partial charge in [0.05, 0.1) is 13.0 Å². The molecule has 4 nitrogen and oxygen atoms in total. The molecule has 1 saturated heterocycles. The predicted molar refractivity (Wildman–Crippen MR) is 79.8 cm³/mol. The molecule has 1 atom stereocenters. The van der Waals surface area contributed by atoms with E-state index in [0.717, 1.165) is 30.8 Å².